The maximum absolute atomic E-state index is 12.2. The molecule has 26 heavy (non-hydrogen) atoms. The van der Waals surface area contributed by atoms with Crippen molar-refractivity contribution in [3.8, 4) is 17.1 Å². The Kier molecular flexibility index (Phi) is 4.98. The quantitative estimate of drug-likeness (QED) is 0.374. The number of hydrogen-bond donors (Lipinski definition) is 0. The van der Waals surface area contributed by atoms with Gasteiger partial charge in [0.05, 0.1) is 12.0 Å². The standard InChI is InChI=1S/C19H15NO6/c1-24-16-5-3-2-4-14(16)12-25-19(21)18-11-10-17(26-18)13-6-8-15(9-7-13)20(22)23/h2-11H,12H2,1H3. The minimum absolute atomic E-state index is 0.0169. The van der Waals surface area contributed by atoms with Crippen LogP contribution in [-0.4, -0.2) is 18.0 Å². The summed E-state index contributed by atoms with van der Waals surface area (Å²) in [6, 6.07) is 16.2. The SMILES string of the molecule is COc1ccccc1COC(=O)c1ccc(-c2ccc([N+](=O)[O-])cc2)o1. The number of ether oxygens (including phenoxy) is 2. The van der Waals surface area contributed by atoms with Gasteiger partial charge < -0.3 is 13.9 Å². The molecule has 132 valence electrons. The fourth-order valence-electron chi connectivity index (χ4n) is 2.39. The maximum Gasteiger partial charge on any atom is 0.374 e. The van der Waals surface area contributed by atoms with Crippen LogP contribution in [-0.2, 0) is 11.3 Å². The zero-order chi connectivity index (χ0) is 18.5. The van der Waals surface area contributed by atoms with Crippen LogP contribution in [0.2, 0.25) is 0 Å². The highest BCUT2D eigenvalue weighted by molar-refractivity contribution is 5.87. The molecule has 0 aliphatic carbocycles. The van der Waals surface area contributed by atoms with Gasteiger partial charge in [0, 0.05) is 23.3 Å². The topological polar surface area (TPSA) is 91.8 Å². The summed E-state index contributed by atoms with van der Waals surface area (Å²) in [4.78, 5) is 22.4. The third-order valence-corrected chi connectivity index (χ3v) is 3.72. The third kappa shape index (κ3) is 3.72. The molecule has 1 aromatic heterocycles. The second-order valence-corrected chi connectivity index (χ2v) is 5.36. The molecule has 0 saturated carbocycles. The van der Waals surface area contributed by atoms with Crippen molar-refractivity contribution < 1.29 is 23.6 Å². The number of non-ortho nitro benzene ring substituents is 1. The lowest BCUT2D eigenvalue weighted by Gasteiger charge is -2.08. The second kappa shape index (κ2) is 7.52. The molecular formula is C19H15NO6. The molecule has 7 nitrogen and oxygen atoms in total. The Hall–Kier alpha value is -3.61. The lowest BCUT2D eigenvalue weighted by molar-refractivity contribution is -0.384. The fourth-order valence-corrected chi connectivity index (χ4v) is 2.39. The van der Waals surface area contributed by atoms with Crippen LogP contribution in [0.3, 0.4) is 0 Å². The van der Waals surface area contributed by atoms with E-state index in [9.17, 15) is 14.9 Å². The molecule has 0 amide bonds. The normalized spacial score (nSPS) is 10.3. The highest BCUT2D eigenvalue weighted by Crippen LogP contribution is 2.25. The number of para-hydroxylation sites is 1. The van der Waals surface area contributed by atoms with Crippen LogP contribution in [0.5, 0.6) is 5.75 Å². The van der Waals surface area contributed by atoms with E-state index in [1.54, 1.807) is 37.4 Å². The predicted molar refractivity (Wildman–Crippen MR) is 92.9 cm³/mol. The highest BCUT2D eigenvalue weighted by Gasteiger charge is 2.15. The molecule has 0 fully saturated rings. The summed E-state index contributed by atoms with van der Waals surface area (Å²) >= 11 is 0. The third-order valence-electron chi connectivity index (χ3n) is 3.72. The second-order valence-electron chi connectivity index (χ2n) is 5.36. The zero-order valence-electron chi connectivity index (χ0n) is 13.9. The molecule has 0 bridgehead atoms. The van der Waals surface area contributed by atoms with Crippen molar-refractivity contribution in [3.63, 3.8) is 0 Å². The van der Waals surface area contributed by atoms with Crippen LogP contribution in [0.25, 0.3) is 11.3 Å². The van der Waals surface area contributed by atoms with Crippen molar-refractivity contribution in [1.29, 1.82) is 0 Å². The minimum atomic E-state index is -0.607. The smallest absolute Gasteiger partial charge is 0.374 e. The van der Waals surface area contributed by atoms with E-state index in [2.05, 4.69) is 0 Å². The van der Waals surface area contributed by atoms with Crippen molar-refractivity contribution in [2.24, 2.45) is 0 Å². The maximum atomic E-state index is 12.2. The van der Waals surface area contributed by atoms with E-state index < -0.39 is 10.9 Å². The van der Waals surface area contributed by atoms with Crippen LogP contribution in [0, 0.1) is 10.1 Å². The molecule has 1 heterocycles. The Morgan fingerprint density at radius 2 is 1.81 bits per heavy atom. The first-order chi connectivity index (χ1) is 12.6. The Bertz CT molecular complexity index is 929. The largest absolute Gasteiger partial charge is 0.496 e. The molecular weight excluding hydrogens is 338 g/mol. The molecule has 3 rings (SSSR count). The molecule has 3 aromatic rings. The number of nitro benzene ring substituents is 1. The summed E-state index contributed by atoms with van der Waals surface area (Å²) in [5.74, 6) is 0.493. The molecule has 0 atom stereocenters. The Morgan fingerprint density at radius 1 is 1.08 bits per heavy atom. The van der Waals surface area contributed by atoms with E-state index in [1.165, 1.54) is 18.2 Å². The first-order valence-corrected chi connectivity index (χ1v) is 7.72. The van der Waals surface area contributed by atoms with Crippen LogP contribution in [0.4, 0.5) is 5.69 Å². The summed E-state index contributed by atoms with van der Waals surface area (Å²) in [5, 5.41) is 10.7. The minimum Gasteiger partial charge on any atom is -0.496 e. The number of carbonyl (C=O) groups is 1. The number of nitro groups is 1. The van der Waals surface area contributed by atoms with Gasteiger partial charge in [0.25, 0.3) is 5.69 Å². The highest BCUT2D eigenvalue weighted by atomic mass is 16.6. The first-order valence-electron chi connectivity index (χ1n) is 7.72. The van der Waals surface area contributed by atoms with E-state index >= 15 is 0 Å². The van der Waals surface area contributed by atoms with Gasteiger partial charge >= 0.3 is 5.97 Å². The number of methoxy groups -OCH3 is 1. The zero-order valence-corrected chi connectivity index (χ0v) is 13.9. The molecule has 0 unspecified atom stereocenters. The van der Waals surface area contributed by atoms with Crippen molar-refractivity contribution in [1.82, 2.24) is 0 Å². The number of carbonyl (C=O) groups excluding carboxylic acids is 1. The molecule has 0 spiro atoms. The van der Waals surface area contributed by atoms with Gasteiger partial charge in [-0.05, 0) is 30.3 Å². The van der Waals surface area contributed by atoms with Crippen LogP contribution in [0.15, 0.2) is 65.1 Å². The lowest BCUT2D eigenvalue weighted by atomic mass is 10.1. The summed E-state index contributed by atoms with van der Waals surface area (Å²) in [6.07, 6.45) is 0. The number of benzene rings is 2. The predicted octanol–water partition coefficient (Wildman–Crippen LogP) is 4.22. The van der Waals surface area contributed by atoms with Gasteiger partial charge in [-0.3, -0.25) is 10.1 Å². The number of esters is 1. The Morgan fingerprint density at radius 3 is 2.50 bits per heavy atom. The summed E-state index contributed by atoms with van der Waals surface area (Å²) in [5.41, 5.74) is 1.35. The van der Waals surface area contributed by atoms with Crippen LogP contribution < -0.4 is 4.74 Å². The number of furan rings is 1. The number of rotatable bonds is 6. The molecule has 0 aliphatic heterocycles. The van der Waals surface area contributed by atoms with Crippen molar-refractivity contribution in [2.75, 3.05) is 7.11 Å². The Labute approximate surface area is 148 Å². The summed E-state index contributed by atoms with van der Waals surface area (Å²) in [7, 11) is 1.55. The van der Waals surface area contributed by atoms with Gasteiger partial charge in [-0.2, -0.15) is 0 Å². The first kappa shape index (κ1) is 17.2. The monoisotopic (exact) mass is 353 g/mol. The summed E-state index contributed by atoms with van der Waals surface area (Å²) < 4.78 is 16.0. The Balaban J connectivity index is 1.69. The van der Waals surface area contributed by atoms with Crippen molar-refractivity contribution >= 4 is 11.7 Å². The fraction of sp³-hybridized carbons (Fsp3) is 0.105. The van der Waals surface area contributed by atoms with Gasteiger partial charge in [-0.25, -0.2) is 4.79 Å². The van der Waals surface area contributed by atoms with Gasteiger partial charge in [0.15, 0.2) is 0 Å². The van der Waals surface area contributed by atoms with Crippen molar-refractivity contribution in [3.05, 3.63) is 82.1 Å². The molecule has 0 saturated heterocycles. The molecule has 2 aromatic carbocycles. The van der Waals surface area contributed by atoms with Gasteiger partial charge in [-0.15, -0.1) is 0 Å². The number of nitrogens with zero attached hydrogens (tertiary/aromatic N) is 1. The number of hydrogen-bond acceptors (Lipinski definition) is 6. The van der Waals surface area contributed by atoms with E-state index in [0.29, 0.717) is 17.1 Å². The van der Waals surface area contributed by atoms with Crippen LogP contribution in [0.1, 0.15) is 16.1 Å². The van der Waals surface area contributed by atoms with Crippen molar-refractivity contribution in [2.45, 2.75) is 6.61 Å². The molecule has 7 heteroatoms. The van der Waals surface area contributed by atoms with E-state index in [1.807, 2.05) is 12.1 Å². The van der Waals surface area contributed by atoms with Gasteiger partial charge in [-0.1, -0.05) is 18.2 Å². The van der Waals surface area contributed by atoms with E-state index in [0.717, 1.165) is 5.56 Å². The summed E-state index contributed by atoms with van der Waals surface area (Å²) in [6.45, 7) is 0.0520. The lowest BCUT2D eigenvalue weighted by Crippen LogP contribution is -2.04. The van der Waals surface area contributed by atoms with E-state index in [4.69, 9.17) is 13.9 Å². The average molecular weight is 353 g/mol. The van der Waals surface area contributed by atoms with Gasteiger partial charge in [0.2, 0.25) is 5.76 Å². The molecule has 0 aliphatic rings. The average Bonchev–Trinajstić information content (AvgIpc) is 3.16. The molecule has 0 radical (unpaired) electrons. The van der Waals surface area contributed by atoms with Gasteiger partial charge in [0.1, 0.15) is 18.1 Å². The van der Waals surface area contributed by atoms with E-state index in [-0.39, 0.29) is 18.1 Å². The molecule has 0 N–H and O–H groups in total. The van der Waals surface area contributed by atoms with Crippen LogP contribution >= 0.6 is 0 Å².